The summed E-state index contributed by atoms with van der Waals surface area (Å²) in [6.45, 7) is 0.381. The number of nitrogens with zero attached hydrogens (tertiary/aromatic N) is 2. The maximum Gasteiger partial charge on any atom is 0.252 e. The van der Waals surface area contributed by atoms with E-state index in [0.29, 0.717) is 23.2 Å². The molecule has 0 atom stereocenters. The first-order valence-corrected chi connectivity index (χ1v) is 8.08. The Hall–Kier alpha value is -3.89. The summed E-state index contributed by atoms with van der Waals surface area (Å²) >= 11 is 0. The molecule has 1 amide bonds. The van der Waals surface area contributed by atoms with Crippen LogP contribution in [-0.2, 0) is 6.54 Å². The lowest BCUT2D eigenvalue weighted by atomic mass is 9.98. The SMILES string of the molecule is N#Cc1ccc(CNC(=O)c2ccccc2-c2ccc(C#N)cc2)cc1. The van der Waals surface area contributed by atoms with Crippen molar-refractivity contribution in [3.05, 3.63) is 95.1 Å². The van der Waals surface area contributed by atoms with Gasteiger partial charge in [0.25, 0.3) is 5.91 Å². The molecule has 0 unspecified atom stereocenters. The summed E-state index contributed by atoms with van der Waals surface area (Å²) in [5.41, 5.74) is 4.37. The highest BCUT2D eigenvalue weighted by Gasteiger charge is 2.12. The Labute approximate surface area is 152 Å². The highest BCUT2D eigenvalue weighted by molar-refractivity contribution is 6.00. The van der Waals surface area contributed by atoms with E-state index in [2.05, 4.69) is 17.5 Å². The van der Waals surface area contributed by atoms with Crippen LogP contribution in [-0.4, -0.2) is 5.91 Å². The molecule has 0 radical (unpaired) electrons. The fourth-order valence-corrected chi connectivity index (χ4v) is 2.63. The van der Waals surface area contributed by atoms with Crippen molar-refractivity contribution in [1.82, 2.24) is 5.32 Å². The molecule has 0 heterocycles. The molecule has 26 heavy (non-hydrogen) atoms. The van der Waals surface area contributed by atoms with Crippen molar-refractivity contribution < 1.29 is 4.79 Å². The highest BCUT2D eigenvalue weighted by Crippen LogP contribution is 2.24. The first-order valence-electron chi connectivity index (χ1n) is 8.08. The third-order valence-electron chi connectivity index (χ3n) is 4.03. The fraction of sp³-hybridized carbons (Fsp3) is 0.0455. The second kappa shape index (κ2) is 7.79. The molecule has 3 aromatic rings. The van der Waals surface area contributed by atoms with E-state index in [-0.39, 0.29) is 5.91 Å². The largest absolute Gasteiger partial charge is 0.348 e. The molecule has 0 aliphatic carbocycles. The van der Waals surface area contributed by atoms with Crippen molar-refractivity contribution in [2.75, 3.05) is 0 Å². The molecular weight excluding hydrogens is 322 g/mol. The zero-order chi connectivity index (χ0) is 18.4. The summed E-state index contributed by atoms with van der Waals surface area (Å²) < 4.78 is 0. The summed E-state index contributed by atoms with van der Waals surface area (Å²) in [5, 5.41) is 20.7. The lowest BCUT2D eigenvalue weighted by Gasteiger charge is -2.11. The normalized spacial score (nSPS) is 9.77. The third-order valence-corrected chi connectivity index (χ3v) is 4.03. The van der Waals surface area contributed by atoms with Crippen LogP contribution in [0.4, 0.5) is 0 Å². The first-order chi connectivity index (χ1) is 12.7. The summed E-state index contributed by atoms with van der Waals surface area (Å²) in [6.07, 6.45) is 0. The second-order valence-corrected chi connectivity index (χ2v) is 5.73. The molecule has 0 aliphatic rings. The molecule has 0 spiro atoms. The molecule has 4 heteroatoms. The number of benzene rings is 3. The quantitative estimate of drug-likeness (QED) is 0.781. The minimum Gasteiger partial charge on any atom is -0.348 e. The van der Waals surface area contributed by atoms with Crippen LogP contribution in [0.25, 0.3) is 11.1 Å². The predicted molar refractivity (Wildman–Crippen MR) is 98.9 cm³/mol. The maximum absolute atomic E-state index is 12.6. The zero-order valence-corrected chi connectivity index (χ0v) is 13.9. The molecule has 0 bridgehead atoms. The van der Waals surface area contributed by atoms with Gasteiger partial charge in [-0.1, -0.05) is 42.5 Å². The van der Waals surface area contributed by atoms with Crippen LogP contribution in [0.1, 0.15) is 27.0 Å². The number of amides is 1. The van der Waals surface area contributed by atoms with Gasteiger partial charge in [-0.25, -0.2) is 0 Å². The Bertz CT molecular complexity index is 1010. The molecule has 0 saturated heterocycles. The minimum absolute atomic E-state index is 0.172. The zero-order valence-electron chi connectivity index (χ0n) is 13.9. The van der Waals surface area contributed by atoms with Crippen LogP contribution in [0.2, 0.25) is 0 Å². The van der Waals surface area contributed by atoms with Gasteiger partial charge in [0.2, 0.25) is 0 Å². The van der Waals surface area contributed by atoms with Gasteiger partial charge in [0.05, 0.1) is 23.3 Å². The van der Waals surface area contributed by atoms with Crippen LogP contribution in [0.15, 0.2) is 72.8 Å². The molecule has 3 aromatic carbocycles. The van der Waals surface area contributed by atoms with E-state index >= 15 is 0 Å². The van der Waals surface area contributed by atoms with E-state index in [4.69, 9.17) is 10.5 Å². The van der Waals surface area contributed by atoms with E-state index in [1.54, 1.807) is 30.3 Å². The summed E-state index contributed by atoms with van der Waals surface area (Å²) in [7, 11) is 0. The van der Waals surface area contributed by atoms with E-state index in [0.717, 1.165) is 16.7 Å². The third kappa shape index (κ3) is 3.77. The number of carbonyl (C=O) groups excluding carboxylic acids is 1. The molecular formula is C22H15N3O. The van der Waals surface area contributed by atoms with Gasteiger partial charge in [0, 0.05) is 12.1 Å². The molecule has 0 fully saturated rings. The molecule has 0 aliphatic heterocycles. The van der Waals surface area contributed by atoms with E-state index in [1.165, 1.54) is 0 Å². The Morgan fingerprint density at radius 3 is 2.00 bits per heavy atom. The Morgan fingerprint density at radius 2 is 1.38 bits per heavy atom. The van der Waals surface area contributed by atoms with E-state index < -0.39 is 0 Å². The molecule has 0 saturated carbocycles. The topological polar surface area (TPSA) is 76.7 Å². The van der Waals surface area contributed by atoms with Gasteiger partial charge in [-0.15, -0.1) is 0 Å². The average molecular weight is 337 g/mol. The van der Waals surface area contributed by atoms with E-state index in [1.807, 2.05) is 42.5 Å². The van der Waals surface area contributed by atoms with Crippen molar-refractivity contribution in [2.45, 2.75) is 6.54 Å². The molecule has 0 aromatic heterocycles. The number of rotatable bonds is 4. The Balaban J connectivity index is 1.79. The second-order valence-electron chi connectivity index (χ2n) is 5.73. The van der Waals surface area contributed by atoms with Crippen LogP contribution in [0.5, 0.6) is 0 Å². The molecule has 124 valence electrons. The van der Waals surface area contributed by atoms with Gasteiger partial charge in [0.15, 0.2) is 0 Å². The first kappa shape index (κ1) is 17.0. The average Bonchev–Trinajstić information content (AvgIpc) is 2.72. The van der Waals surface area contributed by atoms with Crippen LogP contribution in [0.3, 0.4) is 0 Å². The fourth-order valence-electron chi connectivity index (χ4n) is 2.63. The number of nitrogens with one attached hydrogen (secondary N) is 1. The van der Waals surface area contributed by atoms with Gasteiger partial charge in [-0.05, 0) is 47.0 Å². The Kier molecular flexibility index (Phi) is 5.08. The standard InChI is InChI=1S/C22H15N3O/c23-13-16-5-7-18(8-6-16)15-25-22(26)21-4-2-1-3-20(21)19-11-9-17(14-24)10-12-19/h1-12H,15H2,(H,25,26). The monoisotopic (exact) mass is 337 g/mol. The van der Waals surface area contributed by atoms with Crippen molar-refractivity contribution in [2.24, 2.45) is 0 Å². The van der Waals surface area contributed by atoms with Gasteiger partial charge in [-0.3, -0.25) is 4.79 Å². The van der Waals surface area contributed by atoms with E-state index in [9.17, 15) is 4.79 Å². The summed E-state index contributed by atoms with van der Waals surface area (Å²) in [5.74, 6) is -0.172. The number of hydrogen-bond acceptors (Lipinski definition) is 3. The van der Waals surface area contributed by atoms with Gasteiger partial charge < -0.3 is 5.32 Å². The van der Waals surface area contributed by atoms with Crippen molar-refractivity contribution in [3.8, 4) is 23.3 Å². The maximum atomic E-state index is 12.6. The summed E-state index contributed by atoms with van der Waals surface area (Å²) in [4.78, 5) is 12.6. The van der Waals surface area contributed by atoms with Gasteiger partial charge in [-0.2, -0.15) is 10.5 Å². The lowest BCUT2D eigenvalue weighted by Crippen LogP contribution is -2.23. The predicted octanol–water partition coefficient (Wildman–Crippen LogP) is 4.03. The van der Waals surface area contributed by atoms with Crippen molar-refractivity contribution in [3.63, 3.8) is 0 Å². The van der Waals surface area contributed by atoms with Gasteiger partial charge in [0.1, 0.15) is 0 Å². The van der Waals surface area contributed by atoms with Crippen molar-refractivity contribution >= 4 is 5.91 Å². The van der Waals surface area contributed by atoms with Crippen LogP contribution in [0, 0.1) is 22.7 Å². The lowest BCUT2D eigenvalue weighted by molar-refractivity contribution is 0.0951. The number of carbonyl (C=O) groups is 1. The minimum atomic E-state index is -0.172. The van der Waals surface area contributed by atoms with Gasteiger partial charge >= 0.3 is 0 Å². The van der Waals surface area contributed by atoms with Crippen LogP contribution >= 0.6 is 0 Å². The molecule has 3 rings (SSSR count). The Morgan fingerprint density at radius 1 is 0.808 bits per heavy atom. The summed E-state index contributed by atoms with van der Waals surface area (Å²) in [6, 6.07) is 25.8. The number of nitriles is 2. The number of hydrogen-bond donors (Lipinski definition) is 1. The molecule has 4 nitrogen and oxygen atoms in total. The molecule has 1 N–H and O–H groups in total. The smallest absolute Gasteiger partial charge is 0.252 e. The van der Waals surface area contributed by atoms with Crippen LogP contribution < -0.4 is 5.32 Å². The highest BCUT2D eigenvalue weighted by atomic mass is 16.1. The van der Waals surface area contributed by atoms with Crippen molar-refractivity contribution in [1.29, 1.82) is 10.5 Å².